The lowest BCUT2D eigenvalue weighted by atomic mass is 10.1. The Hall–Kier alpha value is -1.12. The number of hydrogen-bond donors (Lipinski definition) is 1. The summed E-state index contributed by atoms with van der Waals surface area (Å²) in [4.78, 5) is 0. The van der Waals surface area contributed by atoms with Crippen molar-refractivity contribution >= 4 is 11.6 Å². The molecule has 0 atom stereocenters. The fourth-order valence-electron chi connectivity index (χ4n) is 2.22. The number of fused-ring (bicyclic) bond motifs is 1. The van der Waals surface area contributed by atoms with Crippen molar-refractivity contribution in [3.63, 3.8) is 0 Å². The van der Waals surface area contributed by atoms with Gasteiger partial charge in [-0.25, -0.2) is 0 Å². The maximum Gasteiger partial charge on any atom is 0.0685 e. The van der Waals surface area contributed by atoms with E-state index in [9.17, 15) is 0 Å². The molecule has 1 N–H and O–H groups in total. The molecule has 0 spiro atoms. The highest BCUT2D eigenvalue weighted by Crippen LogP contribution is 2.10. The number of ether oxygens (including phenoxy) is 1. The van der Waals surface area contributed by atoms with Gasteiger partial charge < -0.3 is 9.84 Å². The van der Waals surface area contributed by atoms with Gasteiger partial charge in [-0.05, 0) is 41.7 Å². The van der Waals surface area contributed by atoms with Crippen molar-refractivity contribution in [3.05, 3.63) is 34.7 Å². The summed E-state index contributed by atoms with van der Waals surface area (Å²) in [5.74, 6) is 0. The van der Waals surface area contributed by atoms with E-state index < -0.39 is 0 Å². The van der Waals surface area contributed by atoms with Gasteiger partial charge in [0.15, 0.2) is 0 Å². The first-order valence-corrected chi connectivity index (χ1v) is 6.37. The molecule has 0 fully saturated rings. The number of rotatable bonds is 5. The highest BCUT2D eigenvalue weighted by Gasteiger charge is 2.03. The third-order valence-corrected chi connectivity index (χ3v) is 3.11. The van der Waals surface area contributed by atoms with Gasteiger partial charge in [0, 0.05) is 13.2 Å². The second-order valence-corrected chi connectivity index (χ2v) is 4.42. The summed E-state index contributed by atoms with van der Waals surface area (Å²) >= 11 is 0. The molecule has 0 saturated heterocycles. The summed E-state index contributed by atoms with van der Waals surface area (Å²) in [6, 6.07) is 8.53. The standard InChI is InChI=1S/C15H20O2/c16-10-5-11-17-12-14-8-2-1-6-13-7-3-4-9-15(13)14/h3-4,6-7,9,16H,1-2,5,8,10-12H2. The molecule has 0 amide bonds. The molecule has 92 valence electrons. The van der Waals surface area contributed by atoms with E-state index in [1.807, 2.05) is 0 Å². The first kappa shape index (κ1) is 12.3. The number of aliphatic hydroxyl groups excluding tert-OH is 1. The Bertz CT molecular complexity index is 462. The number of aliphatic hydroxyl groups is 1. The van der Waals surface area contributed by atoms with Gasteiger partial charge in [0.05, 0.1) is 6.61 Å². The van der Waals surface area contributed by atoms with E-state index in [0.717, 1.165) is 19.3 Å². The van der Waals surface area contributed by atoms with Crippen LogP contribution < -0.4 is 10.4 Å². The van der Waals surface area contributed by atoms with Crippen LogP contribution in [0.3, 0.4) is 0 Å². The zero-order valence-electron chi connectivity index (χ0n) is 10.2. The first-order chi connectivity index (χ1) is 8.42. The molecule has 2 rings (SSSR count). The zero-order valence-corrected chi connectivity index (χ0v) is 10.2. The third kappa shape index (κ3) is 3.42. The summed E-state index contributed by atoms with van der Waals surface area (Å²) in [7, 11) is 0. The van der Waals surface area contributed by atoms with E-state index in [0.29, 0.717) is 13.2 Å². The molecule has 0 aromatic heterocycles. The minimum Gasteiger partial charge on any atom is -0.396 e. The fourth-order valence-corrected chi connectivity index (χ4v) is 2.22. The predicted octanol–water partition coefficient (Wildman–Crippen LogP) is 1.20. The largest absolute Gasteiger partial charge is 0.396 e. The van der Waals surface area contributed by atoms with E-state index in [-0.39, 0.29) is 6.61 Å². The first-order valence-electron chi connectivity index (χ1n) is 6.37. The van der Waals surface area contributed by atoms with E-state index in [1.165, 1.54) is 22.4 Å². The van der Waals surface area contributed by atoms with Gasteiger partial charge in [-0.3, -0.25) is 0 Å². The Balaban J connectivity index is 2.18. The molecule has 0 unspecified atom stereocenters. The van der Waals surface area contributed by atoms with Gasteiger partial charge >= 0.3 is 0 Å². The van der Waals surface area contributed by atoms with Crippen molar-refractivity contribution in [1.82, 2.24) is 0 Å². The van der Waals surface area contributed by atoms with Crippen LogP contribution in [0.2, 0.25) is 0 Å². The molecule has 1 aliphatic rings. The van der Waals surface area contributed by atoms with Gasteiger partial charge in [-0.1, -0.05) is 30.3 Å². The minimum atomic E-state index is 0.208. The molecule has 0 heterocycles. The van der Waals surface area contributed by atoms with Gasteiger partial charge in [0.1, 0.15) is 0 Å². The molecule has 2 heteroatoms. The van der Waals surface area contributed by atoms with Crippen LogP contribution in [0.25, 0.3) is 11.6 Å². The van der Waals surface area contributed by atoms with Crippen LogP contribution in [0.4, 0.5) is 0 Å². The quantitative estimate of drug-likeness (QED) is 0.773. The maximum absolute atomic E-state index is 8.71. The van der Waals surface area contributed by atoms with Crippen molar-refractivity contribution in [2.24, 2.45) is 0 Å². The van der Waals surface area contributed by atoms with Crippen LogP contribution in [0.5, 0.6) is 0 Å². The van der Waals surface area contributed by atoms with Crippen molar-refractivity contribution in [2.75, 3.05) is 19.8 Å². The Kier molecular flexibility index (Phi) is 4.77. The van der Waals surface area contributed by atoms with E-state index in [2.05, 4.69) is 30.3 Å². The topological polar surface area (TPSA) is 29.5 Å². The Morgan fingerprint density at radius 1 is 1.24 bits per heavy atom. The third-order valence-electron chi connectivity index (χ3n) is 3.11. The lowest BCUT2D eigenvalue weighted by Crippen LogP contribution is -2.27. The van der Waals surface area contributed by atoms with Crippen LogP contribution in [-0.2, 0) is 4.74 Å². The van der Waals surface area contributed by atoms with E-state index >= 15 is 0 Å². The molecule has 1 aromatic carbocycles. The smallest absolute Gasteiger partial charge is 0.0685 e. The van der Waals surface area contributed by atoms with Crippen molar-refractivity contribution < 1.29 is 9.84 Å². The van der Waals surface area contributed by atoms with Gasteiger partial charge in [0.25, 0.3) is 0 Å². The van der Waals surface area contributed by atoms with Crippen LogP contribution in [0.15, 0.2) is 24.3 Å². The molecular weight excluding hydrogens is 212 g/mol. The van der Waals surface area contributed by atoms with E-state index in [4.69, 9.17) is 9.84 Å². The highest BCUT2D eigenvalue weighted by molar-refractivity contribution is 5.48. The summed E-state index contributed by atoms with van der Waals surface area (Å²) in [6.07, 6.45) is 6.51. The van der Waals surface area contributed by atoms with Crippen molar-refractivity contribution in [2.45, 2.75) is 25.7 Å². The number of benzene rings is 1. The second-order valence-electron chi connectivity index (χ2n) is 4.42. The summed E-state index contributed by atoms with van der Waals surface area (Å²) in [6.45, 7) is 1.55. The van der Waals surface area contributed by atoms with Crippen molar-refractivity contribution in [3.8, 4) is 0 Å². The molecule has 1 aromatic rings. The maximum atomic E-state index is 8.71. The van der Waals surface area contributed by atoms with Crippen LogP contribution in [0.1, 0.15) is 25.7 Å². The van der Waals surface area contributed by atoms with Gasteiger partial charge in [-0.2, -0.15) is 0 Å². The van der Waals surface area contributed by atoms with E-state index in [1.54, 1.807) is 0 Å². The molecule has 1 aliphatic carbocycles. The predicted molar refractivity (Wildman–Crippen MR) is 69.9 cm³/mol. The van der Waals surface area contributed by atoms with Gasteiger partial charge in [0.2, 0.25) is 0 Å². The lowest BCUT2D eigenvalue weighted by molar-refractivity contribution is 0.141. The second kappa shape index (κ2) is 6.58. The summed E-state index contributed by atoms with van der Waals surface area (Å²) in [5, 5.41) is 11.4. The van der Waals surface area contributed by atoms with Gasteiger partial charge in [-0.15, -0.1) is 0 Å². The van der Waals surface area contributed by atoms with Crippen LogP contribution in [-0.4, -0.2) is 24.9 Å². The SMILES string of the molecule is OCCCOCC1=c2ccccc2=CCCC1. The molecule has 0 aliphatic heterocycles. The molecule has 17 heavy (non-hydrogen) atoms. The van der Waals surface area contributed by atoms with Crippen molar-refractivity contribution in [1.29, 1.82) is 0 Å². The monoisotopic (exact) mass is 232 g/mol. The summed E-state index contributed by atoms with van der Waals surface area (Å²) < 4.78 is 5.62. The van der Waals surface area contributed by atoms with Crippen LogP contribution >= 0.6 is 0 Å². The molecule has 0 bridgehead atoms. The fraction of sp³-hybridized carbons (Fsp3) is 0.467. The highest BCUT2D eigenvalue weighted by atomic mass is 16.5. The Labute approximate surface area is 102 Å². The molecule has 0 radical (unpaired) electrons. The molecular formula is C15H20O2. The Morgan fingerprint density at radius 3 is 3.00 bits per heavy atom. The minimum absolute atomic E-state index is 0.208. The normalized spacial score (nSPS) is 15.0. The lowest BCUT2D eigenvalue weighted by Gasteiger charge is -2.07. The molecule has 2 nitrogen and oxygen atoms in total. The van der Waals surface area contributed by atoms with Crippen LogP contribution in [0, 0.1) is 0 Å². The molecule has 0 saturated carbocycles. The average molecular weight is 232 g/mol. The summed E-state index contributed by atoms with van der Waals surface area (Å²) in [5.41, 5.74) is 1.40. The average Bonchev–Trinajstić information content (AvgIpc) is 2.57. The zero-order chi connectivity index (χ0) is 11.9. The Morgan fingerprint density at radius 2 is 2.12 bits per heavy atom. The number of hydrogen-bond acceptors (Lipinski definition) is 2.